The maximum Gasteiger partial charge on any atom is 4.00 e. The van der Waals surface area contributed by atoms with Gasteiger partial charge in [-0.2, -0.15) is 0 Å². The molecule has 5 heavy (non-hydrogen) atoms. The molecule has 0 bridgehead atoms. The molecule has 5 heteroatoms. The van der Waals surface area contributed by atoms with E-state index in [2.05, 4.69) is 0 Å². The second-order valence-corrected chi connectivity index (χ2v) is 0. The average molecular weight is 255 g/mol. The molecule has 0 rings (SSSR count). The zero-order valence-corrected chi connectivity index (χ0v) is 5.19. The van der Waals surface area contributed by atoms with Crippen molar-refractivity contribution in [2.75, 3.05) is 0 Å². The quantitative estimate of drug-likeness (QED) is 0.529. The molecular weight excluding hydrogens is 255 g/mol. The van der Waals surface area contributed by atoms with Gasteiger partial charge in [0, 0.05) is 0 Å². The summed E-state index contributed by atoms with van der Waals surface area (Å²) in [7, 11) is 0. The molecule has 0 aliphatic rings. The average Bonchev–Trinajstić information content (AvgIpc) is 0. The van der Waals surface area contributed by atoms with E-state index in [1.165, 1.54) is 0 Å². The van der Waals surface area contributed by atoms with Crippen molar-refractivity contribution in [1.29, 1.82) is 0 Å². The number of hydrogen-bond acceptors (Lipinski definition) is 0. The van der Waals surface area contributed by atoms with Crippen LogP contribution in [0.15, 0.2) is 0 Å². The Morgan fingerprint density at radius 2 is 0.600 bits per heavy atom. The summed E-state index contributed by atoms with van der Waals surface area (Å²) in [4.78, 5) is 0. The van der Waals surface area contributed by atoms with Crippen LogP contribution in [-0.2, 0) is 56.3 Å². The van der Waals surface area contributed by atoms with Gasteiger partial charge >= 0.3 is 39.9 Å². The monoisotopic (exact) mass is 256 g/mol. The van der Waals surface area contributed by atoms with Crippen LogP contribution < -0.4 is 0 Å². The van der Waals surface area contributed by atoms with Gasteiger partial charge in [0.1, 0.15) is 0 Å². The Bertz CT molecular complexity index is 6.85. The van der Waals surface area contributed by atoms with Gasteiger partial charge in [-0.3, -0.25) is 0 Å². The van der Waals surface area contributed by atoms with Crippen LogP contribution in [0.1, 0.15) is 0 Å². The maximum atomic E-state index is 0. The summed E-state index contributed by atoms with van der Waals surface area (Å²) >= 11 is 0. The molecule has 0 saturated heterocycles. The van der Waals surface area contributed by atoms with E-state index in [0.717, 1.165) is 0 Å². The molecule has 0 fully saturated rings. The molecule has 0 amide bonds. The predicted octanol–water partition coefficient (Wildman–Crippen LogP) is -0.361. The molecule has 0 saturated carbocycles. The molecule has 0 aliphatic heterocycles. The fourth-order valence-corrected chi connectivity index (χ4v) is 0. The van der Waals surface area contributed by atoms with E-state index < -0.39 is 0 Å². The van der Waals surface area contributed by atoms with Crippen LogP contribution in [0.25, 0.3) is 0 Å². The summed E-state index contributed by atoms with van der Waals surface area (Å²) in [5, 5.41) is 0. The molecule has 36 valence electrons. The van der Waals surface area contributed by atoms with Gasteiger partial charge in [-0.15, -0.1) is 0 Å². The van der Waals surface area contributed by atoms with Crippen LogP contribution in [0.2, 0.25) is 0 Å². The Morgan fingerprint density at radius 1 is 0.600 bits per heavy atom. The van der Waals surface area contributed by atoms with Crippen molar-refractivity contribution in [3.63, 3.8) is 0 Å². The first-order valence-corrected chi connectivity index (χ1v) is 0. The fourth-order valence-electron chi connectivity index (χ4n) is 0. The molecule has 3 nitrogen and oxygen atoms in total. The van der Waals surface area contributed by atoms with E-state index in [1.807, 2.05) is 0 Å². The minimum Gasteiger partial charge on any atom is -2.00 e. The van der Waals surface area contributed by atoms with E-state index in [9.17, 15) is 0 Å². The number of hydrogen-bond donors (Lipinski definition) is 0. The van der Waals surface area contributed by atoms with Crippen molar-refractivity contribution in [2.45, 2.75) is 0 Å². The van der Waals surface area contributed by atoms with E-state index in [-0.39, 0.29) is 56.3 Å². The molecule has 0 aromatic rings. The smallest absolute Gasteiger partial charge is 2.00 e. The molecule has 0 aliphatic carbocycles. The standard InChI is InChI=1S/3O.Pd.Ru/q3*-2;+2;+4. The van der Waals surface area contributed by atoms with E-state index >= 15 is 0 Å². The SMILES string of the molecule is [O-2].[O-2].[O-2].[Pd+2].[Ru+4]. The second-order valence-electron chi connectivity index (χ2n) is 0. The molecule has 0 atom stereocenters. The first kappa shape index (κ1) is 121. The van der Waals surface area contributed by atoms with Crippen LogP contribution in [0.5, 0.6) is 0 Å². The normalized spacial score (nSPS) is 0. The van der Waals surface area contributed by atoms with Crippen molar-refractivity contribution in [3.8, 4) is 0 Å². The molecule has 0 N–H and O–H groups in total. The van der Waals surface area contributed by atoms with Gasteiger partial charge in [-0.05, 0) is 0 Å². The van der Waals surface area contributed by atoms with Crippen LogP contribution in [0.4, 0.5) is 0 Å². The minimum absolute atomic E-state index is 0. The van der Waals surface area contributed by atoms with Crippen molar-refractivity contribution < 1.29 is 56.3 Å². The van der Waals surface area contributed by atoms with E-state index in [4.69, 9.17) is 0 Å². The van der Waals surface area contributed by atoms with Gasteiger partial charge in [0.15, 0.2) is 0 Å². The fraction of sp³-hybridized carbons (Fsp3) is 0. The Hall–Kier alpha value is 1.17. The van der Waals surface area contributed by atoms with Gasteiger partial charge in [-0.25, -0.2) is 0 Å². The molecule has 0 aromatic heterocycles. The van der Waals surface area contributed by atoms with Crippen LogP contribution in [0, 0.1) is 0 Å². The van der Waals surface area contributed by atoms with Gasteiger partial charge < -0.3 is 16.4 Å². The molecule has 0 unspecified atom stereocenters. The summed E-state index contributed by atoms with van der Waals surface area (Å²) < 4.78 is 0. The number of rotatable bonds is 0. The minimum atomic E-state index is 0. The van der Waals surface area contributed by atoms with Gasteiger partial charge in [0.25, 0.3) is 0 Å². The summed E-state index contributed by atoms with van der Waals surface area (Å²) in [5.41, 5.74) is 0. The van der Waals surface area contributed by atoms with Crippen LogP contribution in [0.3, 0.4) is 0 Å². The van der Waals surface area contributed by atoms with Crippen LogP contribution >= 0.6 is 0 Å². The third-order valence-corrected chi connectivity index (χ3v) is 0. The van der Waals surface area contributed by atoms with Crippen molar-refractivity contribution >= 4 is 0 Å². The summed E-state index contributed by atoms with van der Waals surface area (Å²) in [5.74, 6) is 0. The van der Waals surface area contributed by atoms with E-state index in [1.54, 1.807) is 0 Å². The van der Waals surface area contributed by atoms with Gasteiger partial charge in [-0.1, -0.05) is 0 Å². The summed E-state index contributed by atoms with van der Waals surface area (Å²) in [6, 6.07) is 0. The first-order valence-electron chi connectivity index (χ1n) is 0. The molecule has 0 spiro atoms. The Kier molecular flexibility index (Phi) is 1600. The maximum absolute atomic E-state index is 0. The van der Waals surface area contributed by atoms with E-state index in [0.29, 0.717) is 0 Å². The third kappa shape index (κ3) is 38.1. The Morgan fingerprint density at radius 3 is 0.600 bits per heavy atom. The predicted molar refractivity (Wildman–Crippen MR) is 2.06 cm³/mol. The van der Waals surface area contributed by atoms with Crippen molar-refractivity contribution in [3.05, 3.63) is 0 Å². The molecule has 0 heterocycles. The van der Waals surface area contributed by atoms with Gasteiger partial charge in [0.05, 0.1) is 0 Å². The molecule has 0 aromatic carbocycles. The van der Waals surface area contributed by atoms with Crippen LogP contribution in [-0.4, -0.2) is 0 Å². The van der Waals surface area contributed by atoms with Gasteiger partial charge in [0.2, 0.25) is 0 Å². The van der Waals surface area contributed by atoms with Crippen molar-refractivity contribution in [2.24, 2.45) is 0 Å². The zero-order valence-electron chi connectivity index (χ0n) is 1.89. The summed E-state index contributed by atoms with van der Waals surface area (Å²) in [6.45, 7) is 0. The Labute approximate surface area is 56.5 Å². The third-order valence-electron chi connectivity index (χ3n) is 0. The Balaban J connectivity index is 0. The van der Waals surface area contributed by atoms with Crippen molar-refractivity contribution in [1.82, 2.24) is 0 Å². The molecular formula is O3PdRu. The second kappa shape index (κ2) is 66.0. The first-order chi connectivity index (χ1) is 0. The molecule has 0 radical (unpaired) electrons. The largest absolute Gasteiger partial charge is 4.00 e. The zero-order chi connectivity index (χ0) is 0. The summed E-state index contributed by atoms with van der Waals surface area (Å²) in [6.07, 6.45) is 0. The topological polar surface area (TPSA) is 85.5 Å².